The zero-order valence-corrected chi connectivity index (χ0v) is 6.10. The van der Waals surface area contributed by atoms with Crippen LogP contribution in [-0.2, 0) is 4.79 Å². The Morgan fingerprint density at radius 3 is 2.90 bits per heavy atom. The van der Waals surface area contributed by atoms with E-state index < -0.39 is 12.0 Å². The van der Waals surface area contributed by atoms with Crippen LogP contribution in [0.15, 0.2) is 0 Å². The van der Waals surface area contributed by atoms with E-state index >= 15 is 0 Å². The minimum atomic E-state index is -0.928. The second-order valence-corrected chi connectivity index (χ2v) is 2.81. The third-order valence-corrected chi connectivity index (χ3v) is 2.19. The number of carboxylic acids is 1. The van der Waals surface area contributed by atoms with E-state index in [0.29, 0.717) is 13.0 Å². The fourth-order valence-electron chi connectivity index (χ4n) is 1.07. The molecule has 0 aromatic heterocycles. The fraction of sp³-hybridized carbons (Fsp3) is 0.800. The Bertz CT molecular complexity index is 144. The van der Waals surface area contributed by atoms with E-state index in [9.17, 15) is 8.68 Å². The first-order valence-corrected chi connectivity index (χ1v) is 3.71. The summed E-state index contributed by atoms with van der Waals surface area (Å²) in [6.45, 7) is 0.540. The molecule has 5 heteroatoms. The molecule has 0 aromatic carbocycles. The van der Waals surface area contributed by atoms with Crippen molar-refractivity contribution in [1.82, 2.24) is 4.31 Å². The molecule has 1 N–H and O–H groups in total. The molecule has 1 aliphatic heterocycles. The Balaban J connectivity index is 2.50. The Labute approximate surface area is 62.6 Å². The van der Waals surface area contributed by atoms with Gasteiger partial charge in [-0.15, -0.1) is 3.89 Å². The van der Waals surface area contributed by atoms with Gasteiger partial charge in [0.1, 0.15) is 18.4 Å². The van der Waals surface area contributed by atoms with Crippen molar-refractivity contribution in [3.05, 3.63) is 0 Å². The van der Waals surface area contributed by atoms with E-state index in [1.165, 1.54) is 4.31 Å². The Hall–Kier alpha value is -0.290. The lowest BCUT2D eigenvalue weighted by molar-refractivity contribution is -0.140. The van der Waals surface area contributed by atoms with Crippen molar-refractivity contribution in [3.63, 3.8) is 0 Å². The van der Waals surface area contributed by atoms with Crippen molar-refractivity contribution < 1.29 is 13.8 Å². The van der Waals surface area contributed by atoms with Crippen LogP contribution >= 0.6 is 12.3 Å². The smallest absolute Gasteiger partial charge is 0.321 e. The zero-order valence-electron chi connectivity index (χ0n) is 5.29. The van der Waals surface area contributed by atoms with Gasteiger partial charge in [0.15, 0.2) is 0 Å². The van der Waals surface area contributed by atoms with E-state index in [0.717, 1.165) is 6.42 Å². The van der Waals surface area contributed by atoms with Crippen LogP contribution in [0.1, 0.15) is 12.8 Å². The summed E-state index contributed by atoms with van der Waals surface area (Å²) in [6, 6.07) is -0.616. The van der Waals surface area contributed by atoms with Crippen LogP contribution in [0.3, 0.4) is 0 Å². The van der Waals surface area contributed by atoms with Gasteiger partial charge < -0.3 is 5.11 Å². The Morgan fingerprint density at radius 2 is 2.50 bits per heavy atom. The monoisotopic (exact) mass is 165 g/mol. The molecule has 0 radical (unpaired) electrons. The number of hydrogen-bond acceptors (Lipinski definition) is 3. The van der Waals surface area contributed by atoms with Crippen molar-refractivity contribution in [2.45, 2.75) is 18.9 Å². The quantitative estimate of drug-likeness (QED) is 0.621. The average molecular weight is 165 g/mol. The highest BCUT2D eigenvalue weighted by Crippen LogP contribution is 2.25. The number of carboxylic acid groups (broad SMARTS) is 1. The van der Waals surface area contributed by atoms with Crippen molar-refractivity contribution in [3.8, 4) is 0 Å². The first kappa shape index (κ1) is 7.81. The van der Waals surface area contributed by atoms with Crippen LogP contribution < -0.4 is 0 Å². The number of nitrogens with zero attached hydrogens (tertiary/aromatic N) is 1. The first-order chi connectivity index (χ1) is 4.75. The molecule has 0 aromatic rings. The van der Waals surface area contributed by atoms with Gasteiger partial charge in [0.05, 0.1) is 0 Å². The molecule has 0 aliphatic carbocycles. The highest BCUT2D eigenvalue weighted by atomic mass is 32.2. The molecule has 0 unspecified atom stereocenters. The van der Waals surface area contributed by atoms with Crippen LogP contribution in [0.2, 0.25) is 0 Å². The van der Waals surface area contributed by atoms with Crippen molar-refractivity contribution in [1.29, 1.82) is 0 Å². The number of hydrogen-bond donors (Lipinski definition) is 1. The molecule has 1 aliphatic rings. The molecule has 1 saturated heterocycles. The van der Waals surface area contributed by atoms with E-state index in [2.05, 4.69) is 0 Å². The SMILES string of the molecule is O=C(O)[C@@H]1CCCN1SF. The van der Waals surface area contributed by atoms with Crippen molar-refractivity contribution >= 4 is 18.3 Å². The second kappa shape index (κ2) is 3.21. The third-order valence-electron chi connectivity index (χ3n) is 1.58. The largest absolute Gasteiger partial charge is 0.480 e. The topological polar surface area (TPSA) is 40.5 Å². The number of carbonyl (C=O) groups is 1. The van der Waals surface area contributed by atoms with Crippen molar-refractivity contribution in [2.75, 3.05) is 6.54 Å². The molecule has 10 heavy (non-hydrogen) atoms. The van der Waals surface area contributed by atoms with Gasteiger partial charge in [-0.05, 0) is 12.8 Å². The van der Waals surface area contributed by atoms with E-state index in [1.54, 1.807) is 0 Å². The van der Waals surface area contributed by atoms with Gasteiger partial charge >= 0.3 is 5.97 Å². The Kier molecular flexibility index (Phi) is 2.50. The lowest BCUT2D eigenvalue weighted by Gasteiger charge is -2.13. The maximum atomic E-state index is 11.9. The maximum absolute atomic E-state index is 11.9. The van der Waals surface area contributed by atoms with Crippen LogP contribution in [0.25, 0.3) is 0 Å². The Morgan fingerprint density at radius 1 is 1.80 bits per heavy atom. The molecular formula is C5H8FNO2S. The van der Waals surface area contributed by atoms with Crippen LogP contribution in [0.5, 0.6) is 0 Å². The molecule has 1 fully saturated rings. The lowest BCUT2D eigenvalue weighted by atomic mass is 10.2. The van der Waals surface area contributed by atoms with Gasteiger partial charge in [-0.25, -0.2) is 4.31 Å². The number of aliphatic carboxylic acids is 1. The van der Waals surface area contributed by atoms with E-state index in [4.69, 9.17) is 5.11 Å². The summed E-state index contributed by atoms with van der Waals surface area (Å²) in [6.07, 6.45) is 1.33. The predicted octanol–water partition coefficient (Wildman–Crippen LogP) is 1.07. The zero-order chi connectivity index (χ0) is 7.56. The molecule has 1 heterocycles. The predicted molar refractivity (Wildman–Crippen MR) is 36.1 cm³/mol. The molecule has 3 nitrogen and oxygen atoms in total. The van der Waals surface area contributed by atoms with Gasteiger partial charge in [-0.2, -0.15) is 0 Å². The summed E-state index contributed by atoms with van der Waals surface area (Å²) in [5.74, 6) is -0.928. The molecule has 0 amide bonds. The lowest BCUT2D eigenvalue weighted by Crippen LogP contribution is -2.29. The van der Waals surface area contributed by atoms with Gasteiger partial charge in [-0.3, -0.25) is 4.79 Å². The van der Waals surface area contributed by atoms with Gasteiger partial charge in [-0.1, -0.05) is 0 Å². The second-order valence-electron chi connectivity index (χ2n) is 2.21. The van der Waals surface area contributed by atoms with Gasteiger partial charge in [0.2, 0.25) is 0 Å². The maximum Gasteiger partial charge on any atom is 0.321 e. The molecule has 1 rings (SSSR count). The third kappa shape index (κ3) is 1.41. The van der Waals surface area contributed by atoms with E-state index in [-0.39, 0.29) is 12.3 Å². The number of halogens is 1. The minimum absolute atomic E-state index is 0.0213. The molecule has 0 saturated carbocycles. The molecule has 0 spiro atoms. The van der Waals surface area contributed by atoms with Crippen LogP contribution in [0.4, 0.5) is 3.89 Å². The minimum Gasteiger partial charge on any atom is -0.480 e. The highest BCUT2D eigenvalue weighted by molar-refractivity contribution is 7.92. The summed E-state index contributed by atoms with van der Waals surface area (Å²) in [4.78, 5) is 10.3. The standard InChI is InChI=1S/C5H8FNO2S/c6-10-7-3-1-2-4(7)5(8)9/h4H,1-3H2,(H,8,9)/t4-/m0/s1. The summed E-state index contributed by atoms with van der Waals surface area (Å²) in [5.41, 5.74) is 0. The van der Waals surface area contributed by atoms with Crippen LogP contribution in [0, 0.1) is 0 Å². The highest BCUT2D eigenvalue weighted by Gasteiger charge is 2.31. The van der Waals surface area contributed by atoms with Crippen LogP contribution in [-0.4, -0.2) is 28.0 Å². The first-order valence-electron chi connectivity index (χ1n) is 3.04. The summed E-state index contributed by atoms with van der Waals surface area (Å²) >= 11 is 0.0213. The average Bonchev–Trinajstić information content (AvgIpc) is 2.33. The normalized spacial score (nSPS) is 27.1. The molecular weight excluding hydrogens is 157 g/mol. The molecule has 0 bridgehead atoms. The summed E-state index contributed by atoms with van der Waals surface area (Å²) in [5, 5.41) is 8.49. The van der Waals surface area contributed by atoms with Gasteiger partial charge in [0, 0.05) is 6.54 Å². The molecule has 1 atom stereocenters. The number of rotatable bonds is 2. The van der Waals surface area contributed by atoms with E-state index in [1.807, 2.05) is 0 Å². The molecule has 58 valence electrons. The van der Waals surface area contributed by atoms with Gasteiger partial charge in [0.25, 0.3) is 0 Å². The summed E-state index contributed by atoms with van der Waals surface area (Å²) < 4.78 is 13.1. The fourth-order valence-corrected chi connectivity index (χ4v) is 1.56. The van der Waals surface area contributed by atoms with Crippen molar-refractivity contribution in [2.24, 2.45) is 0 Å². The summed E-state index contributed by atoms with van der Waals surface area (Å²) in [7, 11) is 0.